The van der Waals surface area contributed by atoms with Crippen molar-refractivity contribution in [2.75, 3.05) is 26.8 Å². The molecule has 1 fully saturated rings. The molecule has 0 unspecified atom stereocenters. The van der Waals surface area contributed by atoms with E-state index in [9.17, 15) is 4.79 Å². The molecule has 2 N–H and O–H groups in total. The lowest BCUT2D eigenvalue weighted by atomic mass is 9.78. The number of hydrogen-bond acceptors (Lipinski definition) is 3. The molecule has 22 heavy (non-hydrogen) atoms. The zero-order chi connectivity index (χ0) is 15.3. The largest absolute Gasteiger partial charge is 0.384 e. The van der Waals surface area contributed by atoms with Gasteiger partial charge in [-0.15, -0.1) is 12.4 Å². The van der Waals surface area contributed by atoms with Crippen molar-refractivity contribution in [1.82, 2.24) is 10.6 Å². The van der Waals surface area contributed by atoms with Crippen molar-refractivity contribution >= 4 is 29.9 Å². The highest BCUT2D eigenvalue weighted by Gasteiger charge is 2.40. The first-order chi connectivity index (χ1) is 10.1. The first-order valence-corrected chi connectivity index (χ1v) is 7.71. The fourth-order valence-electron chi connectivity index (χ4n) is 2.83. The summed E-state index contributed by atoms with van der Waals surface area (Å²) in [5.74, 6) is 0.0679. The van der Waals surface area contributed by atoms with Crippen molar-refractivity contribution in [1.29, 1.82) is 0 Å². The third-order valence-corrected chi connectivity index (χ3v) is 4.39. The van der Waals surface area contributed by atoms with E-state index >= 15 is 0 Å². The van der Waals surface area contributed by atoms with Crippen LogP contribution in [0, 0.1) is 5.41 Å². The highest BCUT2D eigenvalue weighted by molar-refractivity contribution is 6.30. The third kappa shape index (κ3) is 4.59. The van der Waals surface area contributed by atoms with Crippen LogP contribution in [0.3, 0.4) is 0 Å². The molecule has 0 aromatic heterocycles. The Hall–Kier alpha value is -0.810. The molecule has 1 aromatic rings. The zero-order valence-electron chi connectivity index (χ0n) is 13.0. The van der Waals surface area contributed by atoms with Crippen LogP contribution in [0.1, 0.15) is 31.4 Å². The molecule has 1 amide bonds. The zero-order valence-corrected chi connectivity index (χ0v) is 14.6. The Morgan fingerprint density at radius 1 is 1.45 bits per heavy atom. The molecular formula is C16H24Cl2N2O2. The fraction of sp³-hybridized carbons (Fsp3) is 0.562. The van der Waals surface area contributed by atoms with Crippen LogP contribution < -0.4 is 10.6 Å². The van der Waals surface area contributed by atoms with E-state index in [1.807, 2.05) is 31.2 Å². The van der Waals surface area contributed by atoms with Gasteiger partial charge in [-0.05, 0) is 50.6 Å². The van der Waals surface area contributed by atoms with Gasteiger partial charge in [0.25, 0.3) is 0 Å². The molecule has 1 heterocycles. The lowest BCUT2D eigenvalue weighted by Crippen LogP contribution is -2.50. The number of hydrogen-bond donors (Lipinski definition) is 2. The fourth-order valence-corrected chi connectivity index (χ4v) is 3.03. The van der Waals surface area contributed by atoms with E-state index in [0.717, 1.165) is 31.5 Å². The highest BCUT2D eigenvalue weighted by atomic mass is 35.5. The molecule has 0 spiro atoms. The van der Waals surface area contributed by atoms with Crippen molar-refractivity contribution < 1.29 is 9.53 Å². The minimum absolute atomic E-state index is 0. The van der Waals surface area contributed by atoms with Gasteiger partial charge in [-0.3, -0.25) is 4.79 Å². The molecule has 0 saturated carbocycles. The van der Waals surface area contributed by atoms with Gasteiger partial charge >= 0.3 is 0 Å². The molecule has 2 rings (SSSR count). The summed E-state index contributed by atoms with van der Waals surface area (Å²) in [5.41, 5.74) is 0.588. The number of ether oxygens (including phenoxy) is 1. The van der Waals surface area contributed by atoms with Gasteiger partial charge in [-0.1, -0.05) is 23.7 Å². The van der Waals surface area contributed by atoms with Gasteiger partial charge in [-0.2, -0.15) is 0 Å². The van der Waals surface area contributed by atoms with Gasteiger partial charge in [0.2, 0.25) is 5.91 Å². The first-order valence-electron chi connectivity index (χ1n) is 7.33. The summed E-state index contributed by atoms with van der Waals surface area (Å²) in [6.45, 7) is 4.14. The molecule has 0 aliphatic carbocycles. The van der Waals surface area contributed by atoms with Crippen molar-refractivity contribution in [3.63, 3.8) is 0 Å². The summed E-state index contributed by atoms with van der Waals surface area (Å²) in [6.07, 6.45) is 1.60. The van der Waals surface area contributed by atoms with Crippen LogP contribution >= 0.6 is 24.0 Å². The van der Waals surface area contributed by atoms with E-state index in [1.165, 1.54) is 0 Å². The number of nitrogens with one attached hydrogen (secondary N) is 2. The van der Waals surface area contributed by atoms with Crippen LogP contribution in [0.2, 0.25) is 5.02 Å². The predicted molar refractivity (Wildman–Crippen MR) is 91.7 cm³/mol. The average Bonchev–Trinajstić information content (AvgIpc) is 2.48. The lowest BCUT2D eigenvalue weighted by molar-refractivity contribution is -0.136. The monoisotopic (exact) mass is 346 g/mol. The smallest absolute Gasteiger partial charge is 0.229 e. The summed E-state index contributed by atoms with van der Waals surface area (Å²) in [7, 11) is 1.65. The van der Waals surface area contributed by atoms with E-state index in [4.69, 9.17) is 16.3 Å². The van der Waals surface area contributed by atoms with Gasteiger partial charge in [0.05, 0.1) is 18.1 Å². The normalized spacial score (nSPS) is 18.1. The van der Waals surface area contributed by atoms with Crippen molar-refractivity contribution in [2.45, 2.75) is 25.8 Å². The molecule has 0 radical (unpaired) electrons. The second kappa shape index (κ2) is 8.73. The maximum atomic E-state index is 12.7. The van der Waals surface area contributed by atoms with Gasteiger partial charge in [0.1, 0.15) is 0 Å². The van der Waals surface area contributed by atoms with E-state index in [-0.39, 0.29) is 24.4 Å². The maximum absolute atomic E-state index is 12.7. The number of amides is 1. The van der Waals surface area contributed by atoms with E-state index < -0.39 is 5.41 Å². The Morgan fingerprint density at radius 2 is 2.14 bits per heavy atom. The Bertz CT molecular complexity index is 485. The Kier molecular flexibility index (Phi) is 7.63. The topological polar surface area (TPSA) is 50.4 Å². The molecular weight excluding hydrogens is 323 g/mol. The van der Waals surface area contributed by atoms with Crippen molar-refractivity contribution in [2.24, 2.45) is 5.41 Å². The van der Waals surface area contributed by atoms with Crippen molar-refractivity contribution in [3.05, 3.63) is 34.9 Å². The molecule has 1 aliphatic rings. The number of piperidine rings is 1. The standard InChI is InChI=1S/C16H23ClN2O2.ClH/c1-12(13-4-3-5-14(17)10-13)19-15(20)16(11-21-2)6-8-18-9-7-16;/h3-5,10,12,18H,6-9,11H2,1-2H3,(H,19,20);1H/t12-;/m1./s1. The van der Waals surface area contributed by atoms with Gasteiger partial charge in [-0.25, -0.2) is 0 Å². The van der Waals surface area contributed by atoms with Crippen LogP contribution in [-0.2, 0) is 9.53 Å². The van der Waals surface area contributed by atoms with Gasteiger partial charge in [0.15, 0.2) is 0 Å². The average molecular weight is 347 g/mol. The van der Waals surface area contributed by atoms with Crippen LogP contribution in [0.4, 0.5) is 0 Å². The number of halogens is 2. The second-order valence-electron chi connectivity index (χ2n) is 5.71. The van der Waals surface area contributed by atoms with Crippen molar-refractivity contribution in [3.8, 4) is 0 Å². The van der Waals surface area contributed by atoms with Crippen LogP contribution in [0.5, 0.6) is 0 Å². The van der Waals surface area contributed by atoms with Gasteiger partial charge < -0.3 is 15.4 Å². The Morgan fingerprint density at radius 3 is 2.73 bits per heavy atom. The molecule has 6 heteroatoms. The molecule has 1 atom stereocenters. The summed E-state index contributed by atoms with van der Waals surface area (Å²) < 4.78 is 5.30. The van der Waals surface area contributed by atoms with E-state index in [2.05, 4.69) is 10.6 Å². The predicted octanol–water partition coefficient (Wildman–Crippen LogP) is 2.96. The summed E-state index contributed by atoms with van der Waals surface area (Å²) >= 11 is 6.01. The van der Waals surface area contributed by atoms with E-state index in [1.54, 1.807) is 7.11 Å². The number of rotatable bonds is 5. The summed E-state index contributed by atoms with van der Waals surface area (Å²) in [4.78, 5) is 12.7. The number of carbonyl (C=O) groups excluding carboxylic acids is 1. The van der Waals surface area contributed by atoms with E-state index in [0.29, 0.717) is 11.6 Å². The quantitative estimate of drug-likeness (QED) is 0.861. The molecule has 1 aromatic carbocycles. The molecule has 1 saturated heterocycles. The molecule has 1 aliphatic heterocycles. The Balaban J connectivity index is 0.00000242. The molecule has 4 nitrogen and oxygen atoms in total. The highest BCUT2D eigenvalue weighted by Crippen LogP contribution is 2.30. The number of carbonyl (C=O) groups is 1. The van der Waals surface area contributed by atoms with Crippen LogP contribution in [0.15, 0.2) is 24.3 Å². The molecule has 0 bridgehead atoms. The first kappa shape index (κ1) is 19.2. The third-order valence-electron chi connectivity index (χ3n) is 4.16. The second-order valence-corrected chi connectivity index (χ2v) is 6.15. The SMILES string of the molecule is COCC1(C(=O)N[C@H](C)c2cccc(Cl)c2)CCNCC1.Cl. The summed E-state index contributed by atoms with van der Waals surface area (Å²) in [5, 5.41) is 7.09. The van der Waals surface area contributed by atoms with Crippen LogP contribution in [-0.4, -0.2) is 32.7 Å². The Labute approximate surface area is 143 Å². The maximum Gasteiger partial charge on any atom is 0.229 e. The molecule has 124 valence electrons. The minimum Gasteiger partial charge on any atom is -0.384 e. The number of benzene rings is 1. The summed E-state index contributed by atoms with van der Waals surface area (Å²) in [6, 6.07) is 7.52. The number of methoxy groups -OCH3 is 1. The minimum atomic E-state index is -0.424. The van der Waals surface area contributed by atoms with Gasteiger partial charge in [0, 0.05) is 12.1 Å². The van der Waals surface area contributed by atoms with Crippen LogP contribution in [0.25, 0.3) is 0 Å². The lowest BCUT2D eigenvalue weighted by Gasteiger charge is -2.36.